The van der Waals surface area contributed by atoms with Crippen molar-refractivity contribution in [2.45, 2.75) is 0 Å². The summed E-state index contributed by atoms with van der Waals surface area (Å²) in [6.07, 6.45) is 0.852. The molecule has 0 N–H and O–H groups in total. The minimum absolute atomic E-state index is 0.676. The molecular weight excluding hydrogens is 308 g/mol. The molecule has 0 aliphatic rings. The molecule has 0 unspecified atom stereocenters. The molecular formula is C11H6Br2O. The summed E-state index contributed by atoms with van der Waals surface area (Å²) in [7, 11) is 0. The fraction of sp³-hybridized carbons (Fsp3) is 0. The Kier molecular flexibility index (Phi) is 2.70. The standard InChI is InChI=1S/C11H6Br2O/c12-10-2-1-7-5-11(13)9(6-14)3-8(7)4-10/h1-6H. The van der Waals surface area contributed by atoms with Crippen LogP contribution in [0.25, 0.3) is 10.8 Å². The van der Waals surface area contributed by atoms with E-state index in [0.717, 1.165) is 26.0 Å². The molecule has 0 saturated carbocycles. The summed E-state index contributed by atoms with van der Waals surface area (Å²) < 4.78 is 1.85. The van der Waals surface area contributed by atoms with E-state index in [1.165, 1.54) is 0 Å². The summed E-state index contributed by atoms with van der Waals surface area (Å²) in [4.78, 5) is 10.7. The molecule has 70 valence electrons. The molecule has 0 atom stereocenters. The predicted molar refractivity (Wildman–Crippen MR) is 64.7 cm³/mol. The highest BCUT2D eigenvalue weighted by Gasteiger charge is 2.01. The maximum atomic E-state index is 10.7. The summed E-state index contributed by atoms with van der Waals surface area (Å²) in [5.74, 6) is 0. The molecule has 0 aliphatic carbocycles. The molecule has 0 spiro atoms. The lowest BCUT2D eigenvalue weighted by Gasteiger charge is -2.02. The third-order valence-electron chi connectivity index (χ3n) is 2.04. The van der Waals surface area contributed by atoms with Crippen molar-refractivity contribution in [2.24, 2.45) is 0 Å². The second-order valence-corrected chi connectivity index (χ2v) is 4.75. The van der Waals surface area contributed by atoms with Crippen LogP contribution in [-0.4, -0.2) is 6.29 Å². The van der Waals surface area contributed by atoms with Gasteiger partial charge in [0.15, 0.2) is 6.29 Å². The van der Waals surface area contributed by atoms with Crippen molar-refractivity contribution < 1.29 is 4.79 Å². The molecule has 3 heteroatoms. The van der Waals surface area contributed by atoms with Crippen molar-refractivity contribution in [2.75, 3.05) is 0 Å². The number of hydrogen-bond donors (Lipinski definition) is 0. The van der Waals surface area contributed by atoms with Crippen molar-refractivity contribution in [1.29, 1.82) is 0 Å². The smallest absolute Gasteiger partial charge is 0.151 e. The fourth-order valence-electron chi connectivity index (χ4n) is 1.35. The molecule has 2 rings (SSSR count). The van der Waals surface area contributed by atoms with Gasteiger partial charge in [0.25, 0.3) is 0 Å². The van der Waals surface area contributed by atoms with Gasteiger partial charge in [0.2, 0.25) is 0 Å². The molecule has 14 heavy (non-hydrogen) atoms. The van der Waals surface area contributed by atoms with Crippen molar-refractivity contribution in [3.8, 4) is 0 Å². The number of fused-ring (bicyclic) bond motifs is 1. The Morgan fingerprint density at radius 1 is 1.00 bits per heavy atom. The van der Waals surface area contributed by atoms with Gasteiger partial charge < -0.3 is 0 Å². The SMILES string of the molecule is O=Cc1cc2cc(Br)ccc2cc1Br. The molecule has 1 nitrogen and oxygen atoms in total. The quantitative estimate of drug-likeness (QED) is 0.722. The van der Waals surface area contributed by atoms with Crippen LogP contribution in [0.15, 0.2) is 39.3 Å². The van der Waals surface area contributed by atoms with Crippen LogP contribution in [0.4, 0.5) is 0 Å². The average Bonchev–Trinajstić information content (AvgIpc) is 2.17. The zero-order valence-electron chi connectivity index (χ0n) is 7.13. The van der Waals surface area contributed by atoms with E-state index in [1.807, 2.05) is 30.3 Å². The minimum atomic E-state index is 0.676. The highest BCUT2D eigenvalue weighted by atomic mass is 79.9. The second-order valence-electron chi connectivity index (χ2n) is 2.98. The van der Waals surface area contributed by atoms with Gasteiger partial charge in [-0.25, -0.2) is 0 Å². The highest BCUT2D eigenvalue weighted by molar-refractivity contribution is 9.10. The van der Waals surface area contributed by atoms with Gasteiger partial charge in [-0.05, 0) is 35.0 Å². The summed E-state index contributed by atoms with van der Waals surface area (Å²) in [6, 6.07) is 9.81. The molecule has 0 bridgehead atoms. The normalized spacial score (nSPS) is 10.4. The van der Waals surface area contributed by atoms with Gasteiger partial charge in [0.05, 0.1) is 0 Å². The van der Waals surface area contributed by atoms with Crippen LogP contribution in [0.3, 0.4) is 0 Å². The summed E-state index contributed by atoms with van der Waals surface area (Å²) in [5.41, 5.74) is 0.676. The van der Waals surface area contributed by atoms with Crippen LogP contribution >= 0.6 is 31.9 Å². The maximum absolute atomic E-state index is 10.7. The Hall–Kier alpha value is -0.670. The molecule has 0 saturated heterocycles. The van der Waals surface area contributed by atoms with E-state index in [4.69, 9.17) is 0 Å². The van der Waals surface area contributed by atoms with E-state index in [0.29, 0.717) is 5.56 Å². The number of hydrogen-bond acceptors (Lipinski definition) is 1. The Bertz CT molecular complexity index is 506. The van der Waals surface area contributed by atoms with Crippen LogP contribution in [0.5, 0.6) is 0 Å². The Balaban J connectivity index is 2.79. The first-order valence-electron chi connectivity index (χ1n) is 4.05. The third-order valence-corrected chi connectivity index (χ3v) is 3.22. The van der Waals surface area contributed by atoms with E-state index in [1.54, 1.807) is 0 Å². The summed E-state index contributed by atoms with van der Waals surface area (Å²) in [5, 5.41) is 2.18. The Morgan fingerprint density at radius 3 is 2.50 bits per heavy atom. The van der Waals surface area contributed by atoms with Crippen LogP contribution in [0.2, 0.25) is 0 Å². The summed E-state index contributed by atoms with van der Waals surface area (Å²) >= 11 is 6.75. The lowest BCUT2D eigenvalue weighted by Crippen LogP contribution is -1.83. The van der Waals surface area contributed by atoms with E-state index < -0.39 is 0 Å². The van der Waals surface area contributed by atoms with Gasteiger partial charge in [0, 0.05) is 14.5 Å². The number of benzene rings is 2. The number of halogens is 2. The van der Waals surface area contributed by atoms with Gasteiger partial charge in [-0.15, -0.1) is 0 Å². The van der Waals surface area contributed by atoms with Crippen molar-refractivity contribution in [3.05, 3.63) is 44.8 Å². The van der Waals surface area contributed by atoms with E-state index in [2.05, 4.69) is 31.9 Å². The van der Waals surface area contributed by atoms with Crippen LogP contribution in [-0.2, 0) is 0 Å². The number of carbonyl (C=O) groups excluding carboxylic acids is 1. The predicted octanol–water partition coefficient (Wildman–Crippen LogP) is 4.18. The third kappa shape index (κ3) is 1.74. The highest BCUT2D eigenvalue weighted by Crippen LogP contribution is 2.25. The minimum Gasteiger partial charge on any atom is -0.298 e. The van der Waals surface area contributed by atoms with Crippen molar-refractivity contribution in [3.63, 3.8) is 0 Å². The lowest BCUT2D eigenvalue weighted by atomic mass is 10.1. The first-order valence-corrected chi connectivity index (χ1v) is 5.63. The Morgan fingerprint density at radius 2 is 1.79 bits per heavy atom. The van der Waals surface area contributed by atoms with Crippen molar-refractivity contribution >= 4 is 48.9 Å². The largest absolute Gasteiger partial charge is 0.298 e. The molecule has 0 aromatic heterocycles. The van der Waals surface area contributed by atoms with Crippen LogP contribution in [0.1, 0.15) is 10.4 Å². The van der Waals surface area contributed by atoms with Crippen LogP contribution in [0, 0.1) is 0 Å². The molecule has 0 radical (unpaired) electrons. The number of carbonyl (C=O) groups is 1. The molecule has 0 fully saturated rings. The molecule has 0 heterocycles. The topological polar surface area (TPSA) is 17.1 Å². The van der Waals surface area contributed by atoms with Gasteiger partial charge in [-0.3, -0.25) is 4.79 Å². The fourth-order valence-corrected chi connectivity index (χ4v) is 2.18. The molecule has 2 aromatic rings. The van der Waals surface area contributed by atoms with Crippen LogP contribution < -0.4 is 0 Å². The van der Waals surface area contributed by atoms with Gasteiger partial charge >= 0.3 is 0 Å². The summed E-state index contributed by atoms with van der Waals surface area (Å²) in [6.45, 7) is 0. The number of aldehydes is 1. The van der Waals surface area contributed by atoms with Gasteiger partial charge in [-0.1, -0.05) is 37.9 Å². The van der Waals surface area contributed by atoms with E-state index >= 15 is 0 Å². The van der Waals surface area contributed by atoms with Crippen molar-refractivity contribution in [1.82, 2.24) is 0 Å². The Labute approximate surface area is 98.4 Å². The zero-order chi connectivity index (χ0) is 10.1. The lowest BCUT2D eigenvalue weighted by molar-refractivity contribution is 0.112. The van der Waals surface area contributed by atoms with Gasteiger partial charge in [-0.2, -0.15) is 0 Å². The van der Waals surface area contributed by atoms with Gasteiger partial charge in [0.1, 0.15) is 0 Å². The average molecular weight is 314 g/mol. The molecule has 2 aromatic carbocycles. The molecule has 0 amide bonds. The van der Waals surface area contributed by atoms with E-state index in [9.17, 15) is 4.79 Å². The zero-order valence-corrected chi connectivity index (χ0v) is 10.3. The first-order chi connectivity index (χ1) is 6.70. The maximum Gasteiger partial charge on any atom is 0.151 e. The first kappa shape index (κ1) is 9.87. The van der Waals surface area contributed by atoms with E-state index in [-0.39, 0.29) is 0 Å². The number of rotatable bonds is 1. The molecule has 0 aliphatic heterocycles. The second kappa shape index (κ2) is 3.83. The monoisotopic (exact) mass is 312 g/mol.